The molecule has 0 saturated carbocycles. The number of hydrogen-bond donors (Lipinski definition) is 1. The van der Waals surface area contributed by atoms with E-state index in [2.05, 4.69) is 0 Å². The van der Waals surface area contributed by atoms with Crippen LogP contribution in [0.2, 0.25) is 0 Å². The lowest BCUT2D eigenvalue weighted by Crippen LogP contribution is -2.35. The predicted molar refractivity (Wildman–Crippen MR) is 92.9 cm³/mol. The standard InChI is InChI=1S/C17H18N2O5S/c1-3-24-15-8-4-13(5-9-15)17(21)19(12(2)20)14-6-10-16(11-7-14)25(18,22)23/h4-11H,3H2,1-2H3,(H2,18,22,23). The minimum Gasteiger partial charge on any atom is -0.494 e. The zero-order valence-corrected chi connectivity index (χ0v) is 14.6. The number of benzene rings is 2. The molecule has 0 aliphatic carbocycles. The van der Waals surface area contributed by atoms with Crippen molar-refractivity contribution in [2.45, 2.75) is 18.7 Å². The van der Waals surface area contributed by atoms with Crippen LogP contribution in [-0.2, 0) is 14.8 Å². The number of carbonyl (C=O) groups excluding carboxylic acids is 2. The minimum absolute atomic E-state index is 0.103. The maximum Gasteiger partial charge on any atom is 0.265 e. The second-order valence-electron chi connectivity index (χ2n) is 5.16. The van der Waals surface area contributed by atoms with Crippen LogP contribution in [0.3, 0.4) is 0 Å². The molecule has 2 N–H and O–H groups in total. The van der Waals surface area contributed by atoms with Crippen molar-refractivity contribution in [3.8, 4) is 5.75 Å². The van der Waals surface area contributed by atoms with E-state index in [0.29, 0.717) is 17.9 Å². The Morgan fingerprint density at radius 2 is 1.60 bits per heavy atom. The fourth-order valence-corrected chi connectivity index (χ4v) is 2.73. The lowest BCUT2D eigenvalue weighted by Gasteiger charge is -2.19. The van der Waals surface area contributed by atoms with Gasteiger partial charge in [-0.3, -0.25) is 9.59 Å². The maximum absolute atomic E-state index is 12.7. The summed E-state index contributed by atoms with van der Waals surface area (Å²) in [5.74, 6) is -0.410. The van der Waals surface area contributed by atoms with Crippen molar-refractivity contribution < 1.29 is 22.7 Å². The Labute approximate surface area is 146 Å². The highest BCUT2D eigenvalue weighted by atomic mass is 32.2. The van der Waals surface area contributed by atoms with Gasteiger partial charge in [0.2, 0.25) is 15.9 Å². The second-order valence-corrected chi connectivity index (χ2v) is 6.72. The van der Waals surface area contributed by atoms with Gasteiger partial charge in [0.15, 0.2) is 0 Å². The van der Waals surface area contributed by atoms with Crippen molar-refractivity contribution in [2.75, 3.05) is 11.5 Å². The molecular formula is C17H18N2O5S. The Hall–Kier alpha value is -2.71. The number of amides is 2. The fourth-order valence-electron chi connectivity index (χ4n) is 2.22. The zero-order chi connectivity index (χ0) is 18.6. The Morgan fingerprint density at radius 1 is 1.04 bits per heavy atom. The summed E-state index contributed by atoms with van der Waals surface area (Å²) in [7, 11) is -3.85. The highest BCUT2D eigenvalue weighted by Crippen LogP contribution is 2.21. The maximum atomic E-state index is 12.7. The molecule has 8 heteroatoms. The van der Waals surface area contributed by atoms with Gasteiger partial charge in [0.25, 0.3) is 5.91 Å². The van der Waals surface area contributed by atoms with Gasteiger partial charge in [-0.15, -0.1) is 0 Å². The van der Waals surface area contributed by atoms with E-state index in [0.717, 1.165) is 4.90 Å². The van der Waals surface area contributed by atoms with Crippen LogP contribution in [-0.4, -0.2) is 26.8 Å². The number of primary sulfonamides is 1. The molecule has 0 unspecified atom stereocenters. The van der Waals surface area contributed by atoms with Crippen LogP contribution in [0.25, 0.3) is 0 Å². The summed E-state index contributed by atoms with van der Waals surface area (Å²) < 4.78 is 27.9. The van der Waals surface area contributed by atoms with E-state index in [1.165, 1.54) is 31.2 Å². The summed E-state index contributed by atoms with van der Waals surface area (Å²) in [6.45, 7) is 3.60. The number of nitrogens with zero attached hydrogens (tertiary/aromatic N) is 1. The Bertz CT molecular complexity index is 874. The lowest BCUT2D eigenvalue weighted by atomic mass is 10.1. The van der Waals surface area contributed by atoms with Crippen molar-refractivity contribution in [3.05, 3.63) is 54.1 Å². The number of ether oxygens (including phenoxy) is 1. The van der Waals surface area contributed by atoms with Crippen LogP contribution in [0.15, 0.2) is 53.4 Å². The number of nitrogens with two attached hydrogens (primary N) is 1. The first-order valence-corrected chi connectivity index (χ1v) is 8.99. The van der Waals surface area contributed by atoms with Crippen LogP contribution < -0.4 is 14.8 Å². The molecule has 0 aromatic heterocycles. The van der Waals surface area contributed by atoms with Gasteiger partial charge in [-0.05, 0) is 55.5 Å². The molecule has 0 aliphatic rings. The molecule has 2 rings (SSSR count). The van der Waals surface area contributed by atoms with E-state index in [-0.39, 0.29) is 10.6 Å². The number of sulfonamides is 1. The van der Waals surface area contributed by atoms with Gasteiger partial charge in [0.1, 0.15) is 5.75 Å². The lowest BCUT2D eigenvalue weighted by molar-refractivity contribution is -0.115. The van der Waals surface area contributed by atoms with E-state index in [9.17, 15) is 18.0 Å². The van der Waals surface area contributed by atoms with E-state index in [4.69, 9.17) is 9.88 Å². The van der Waals surface area contributed by atoms with Gasteiger partial charge in [-0.2, -0.15) is 0 Å². The summed E-state index contributed by atoms with van der Waals surface area (Å²) >= 11 is 0. The van der Waals surface area contributed by atoms with Crippen molar-refractivity contribution >= 4 is 27.5 Å². The summed E-state index contributed by atoms with van der Waals surface area (Å²) in [6, 6.07) is 11.6. The molecule has 0 heterocycles. The molecule has 2 aromatic carbocycles. The summed E-state index contributed by atoms with van der Waals surface area (Å²) in [4.78, 5) is 25.5. The molecular weight excluding hydrogens is 344 g/mol. The van der Waals surface area contributed by atoms with Crippen LogP contribution in [0.4, 0.5) is 5.69 Å². The van der Waals surface area contributed by atoms with E-state index in [1.807, 2.05) is 6.92 Å². The number of hydrogen-bond acceptors (Lipinski definition) is 5. The molecule has 2 aromatic rings. The molecule has 0 saturated heterocycles. The molecule has 7 nitrogen and oxygen atoms in total. The first kappa shape index (κ1) is 18.6. The third-order valence-corrected chi connectivity index (χ3v) is 4.28. The van der Waals surface area contributed by atoms with Crippen LogP contribution in [0, 0.1) is 0 Å². The molecule has 0 atom stereocenters. The Morgan fingerprint density at radius 3 is 2.04 bits per heavy atom. The van der Waals surface area contributed by atoms with Crippen LogP contribution in [0.1, 0.15) is 24.2 Å². The molecule has 132 valence electrons. The highest BCUT2D eigenvalue weighted by Gasteiger charge is 2.22. The van der Waals surface area contributed by atoms with Gasteiger partial charge in [0.05, 0.1) is 17.2 Å². The molecule has 2 amide bonds. The van der Waals surface area contributed by atoms with Gasteiger partial charge in [0, 0.05) is 12.5 Å². The van der Waals surface area contributed by atoms with Crippen molar-refractivity contribution in [3.63, 3.8) is 0 Å². The molecule has 0 spiro atoms. The number of carbonyl (C=O) groups is 2. The van der Waals surface area contributed by atoms with Crippen molar-refractivity contribution in [1.29, 1.82) is 0 Å². The molecule has 0 fully saturated rings. The van der Waals surface area contributed by atoms with Crippen LogP contribution in [0.5, 0.6) is 5.75 Å². The summed E-state index contributed by atoms with van der Waals surface area (Å²) in [5.41, 5.74) is 0.549. The minimum atomic E-state index is -3.85. The fraction of sp³-hybridized carbons (Fsp3) is 0.176. The van der Waals surface area contributed by atoms with Crippen molar-refractivity contribution in [1.82, 2.24) is 0 Å². The van der Waals surface area contributed by atoms with E-state index in [1.54, 1.807) is 24.3 Å². The predicted octanol–water partition coefficient (Wildman–Crippen LogP) is 1.93. The average Bonchev–Trinajstić information content (AvgIpc) is 2.55. The van der Waals surface area contributed by atoms with Crippen LogP contribution >= 0.6 is 0 Å². The van der Waals surface area contributed by atoms with E-state index >= 15 is 0 Å². The van der Waals surface area contributed by atoms with Gasteiger partial charge < -0.3 is 4.74 Å². The SMILES string of the molecule is CCOc1ccc(C(=O)N(C(C)=O)c2ccc(S(N)(=O)=O)cc2)cc1. The first-order chi connectivity index (χ1) is 11.7. The smallest absolute Gasteiger partial charge is 0.265 e. The molecule has 0 aliphatic heterocycles. The van der Waals surface area contributed by atoms with Gasteiger partial charge >= 0.3 is 0 Å². The highest BCUT2D eigenvalue weighted by molar-refractivity contribution is 7.89. The van der Waals surface area contributed by atoms with Gasteiger partial charge in [-0.25, -0.2) is 18.5 Å². The molecule has 0 bridgehead atoms. The zero-order valence-electron chi connectivity index (χ0n) is 13.8. The summed E-state index contributed by atoms with van der Waals surface area (Å²) in [6.07, 6.45) is 0. The number of anilines is 1. The normalized spacial score (nSPS) is 11.0. The quantitative estimate of drug-likeness (QED) is 0.874. The average molecular weight is 362 g/mol. The first-order valence-electron chi connectivity index (χ1n) is 7.44. The monoisotopic (exact) mass is 362 g/mol. The number of imide groups is 1. The summed E-state index contributed by atoms with van der Waals surface area (Å²) in [5, 5.41) is 5.05. The van der Waals surface area contributed by atoms with E-state index < -0.39 is 21.8 Å². The van der Waals surface area contributed by atoms with Gasteiger partial charge in [-0.1, -0.05) is 0 Å². The topological polar surface area (TPSA) is 107 Å². The number of rotatable bonds is 5. The molecule has 0 radical (unpaired) electrons. The Balaban J connectivity index is 2.34. The Kier molecular flexibility index (Phi) is 5.55. The van der Waals surface area contributed by atoms with Crippen molar-refractivity contribution in [2.24, 2.45) is 5.14 Å². The second kappa shape index (κ2) is 7.45. The largest absolute Gasteiger partial charge is 0.494 e. The third-order valence-electron chi connectivity index (χ3n) is 3.35. The molecule has 25 heavy (non-hydrogen) atoms. The third kappa shape index (κ3) is 4.43.